The van der Waals surface area contributed by atoms with Gasteiger partial charge in [-0.2, -0.15) is 5.26 Å². The molecule has 1 aliphatic heterocycles. The number of H-pyrrole nitrogens is 1. The summed E-state index contributed by atoms with van der Waals surface area (Å²) in [5.74, 6) is -0.653. The third kappa shape index (κ3) is 3.22. The maximum Gasteiger partial charge on any atom is 0.255 e. The predicted octanol–water partition coefficient (Wildman–Crippen LogP) is 1.43. The first-order chi connectivity index (χ1) is 15.4. The van der Waals surface area contributed by atoms with E-state index in [1.54, 1.807) is 17.4 Å². The number of aromatic nitrogens is 5. The number of rotatable bonds is 4. The maximum absolute atomic E-state index is 13.6. The molecule has 0 bridgehead atoms. The molecule has 1 fully saturated rings. The molecule has 1 aliphatic rings. The standard InChI is InChI=1S/C21H17FN8O2/c1-11-27-19(16-3-2-13(22)10-30(11)16)15-6-25-20-18(28-15)14(5-24-20)21(32)26-7-17(31)29-8-12(4-23)9-29/h2-3,5-6,10,12H,7-9H2,1H3,(H,24,25)(H,26,32). The third-order valence-electron chi connectivity index (χ3n) is 5.46. The smallest absolute Gasteiger partial charge is 0.255 e. The molecule has 0 radical (unpaired) electrons. The number of nitriles is 1. The normalized spacial score (nSPS) is 13.8. The zero-order valence-corrected chi connectivity index (χ0v) is 17.0. The van der Waals surface area contributed by atoms with Crippen molar-refractivity contribution in [2.24, 2.45) is 5.92 Å². The van der Waals surface area contributed by atoms with Gasteiger partial charge in [0.15, 0.2) is 5.65 Å². The van der Waals surface area contributed by atoms with Gasteiger partial charge in [-0.1, -0.05) is 0 Å². The lowest BCUT2D eigenvalue weighted by Crippen LogP contribution is -2.52. The number of imidazole rings is 1. The number of aryl methyl sites for hydroxylation is 1. The van der Waals surface area contributed by atoms with Crippen LogP contribution in [0.5, 0.6) is 0 Å². The highest BCUT2D eigenvalue weighted by Gasteiger charge is 2.30. The van der Waals surface area contributed by atoms with Crippen LogP contribution in [0.25, 0.3) is 28.1 Å². The summed E-state index contributed by atoms with van der Waals surface area (Å²) < 4.78 is 15.2. The summed E-state index contributed by atoms with van der Waals surface area (Å²) in [6, 6.07) is 5.05. The van der Waals surface area contributed by atoms with E-state index in [4.69, 9.17) is 5.26 Å². The highest BCUT2D eigenvalue weighted by Crippen LogP contribution is 2.25. The molecule has 1 saturated heterocycles. The van der Waals surface area contributed by atoms with E-state index in [1.807, 2.05) is 0 Å². The number of carbonyl (C=O) groups is 2. The summed E-state index contributed by atoms with van der Waals surface area (Å²) in [6.45, 7) is 2.35. The third-order valence-corrected chi connectivity index (χ3v) is 5.46. The number of nitrogens with zero attached hydrogens (tertiary/aromatic N) is 6. The lowest BCUT2D eigenvalue weighted by Gasteiger charge is -2.35. The summed E-state index contributed by atoms with van der Waals surface area (Å²) in [5, 5.41) is 11.4. The molecule has 2 amide bonds. The zero-order chi connectivity index (χ0) is 22.4. The molecule has 5 rings (SSSR count). The summed E-state index contributed by atoms with van der Waals surface area (Å²) in [5.41, 5.74) is 2.60. The number of hydrogen-bond donors (Lipinski definition) is 2. The molecule has 0 aliphatic carbocycles. The van der Waals surface area contributed by atoms with Gasteiger partial charge in [0.05, 0.1) is 35.8 Å². The number of pyridine rings is 1. The summed E-state index contributed by atoms with van der Waals surface area (Å²) in [6.07, 6.45) is 4.36. The molecule has 0 spiro atoms. The van der Waals surface area contributed by atoms with Crippen LogP contribution < -0.4 is 5.32 Å². The molecule has 5 heterocycles. The van der Waals surface area contributed by atoms with Gasteiger partial charge in [-0.15, -0.1) is 0 Å². The molecule has 160 valence electrons. The molecular formula is C21H17FN8O2. The van der Waals surface area contributed by atoms with Crippen molar-refractivity contribution in [1.82, 2.24) is 34.6 Å². The van der Waals surface area contributed by atoms with E-state index in [0.717, 1.165) is 0 Å². The van der Waals surface area contributed by atoms with Crippen molar-refractivity contribution in [3.8, 4) is 17.5 Å². The Balaban J connectivity index is 1.40. The van der Waals surface area contributed by atoms with Crippen LogP contribution in [-0.4, -0.2) is 60.7 Å². The van der Waals surface area contributed by atoms with Gasteiger partial charge in [-0.05, 0) is 19.1 Å². The number of likely N-dealkylation sites (tertiary alicyclic amines) is 1. The first-order valence-electron chi connectivity index (χ1n) is 9.89. The average Bonchev–Trinajstić information content (AvgIpc) is 3.32. The van der Waals surface area contributed by atoms with Gasteiger partial charge in [-0.25, -0.2) is 19.3 Å². The van der Waals surface area contributed by atoms with Crippen LogP contribution in [0.15, 0.2) is 30.7 Å². The second-order valence-corrected chi connectivity index (χ2v) is 7.57. The lowest BCUT2D eigenvalue weighted by atomic mass is 10.0. The predicted molar refractivity (Wildman–Crippen MR) is 111 cm³/mol. The van der Waals surface area contributed by atoms with Gasteiger partial charge in [0.2, 0.25) is 5.91 Å². The zero-order valence-electron chi connectivity index (χ0n) is 17.0. The second-order valence-electron chi connectivity index (χ2n) is 7.57. The molecule has 32 heavy (non-hydrogen) atoms. The van der Waals surface area contributed by atoms with Crippen molar-refractivity contribution in [2.45, 2.75) is 6.92 Å². The lowest BCUT2D eigenvalue weighted by molar-refractivity contribution is -0.135. The van der Waals surface area contributed by atoms with Gasteiger partial charge < -0.3 is 19.6 Å². The van der Waals surface area contributed by atoms with Crippen molar-refractivity contribution in [3.05, 3.63) is 47.9 Å². The Labute approximate surface area is 180 Å². The van der Waals surface area contributed by atoms with E-state index >= 15 is 0 Å². The summed E-state index contributed by atoms with van der Waals surface area (Å²) in [4.78, 5) is 42.6. The van der Waals surface area contributed by atoms with E-state index in [9.17, 15) is 14.0 Å². The van der Waals surface area contributed by atoms with Crippen molar-refractivity contribution in [1.29, 1.82) is 5.26 Å². The van der Waals surface area contributed by atoms with Crippen LogP contribution in [-0.2, 0) is 4.79 Å². The molecule has 11 heteroatoms. The fraction of sp³-hybridized carbons (Fsp3) is 0.238. The number of aromatic amines is 1. The van der Waals surface area contributed by atoms with Gasteiger partial charge in [0.25, 0.3) is 5.91 Å². The SMILES string of the molecule is Cc1nc(-c2cnc3[nH]cc(C(=O)NCC(=O)N4CC(C#N)C4)c3n2)c2ccc(F)cn12. The van der Waals surface area contributed by atoms with Gasteiger partial charge in [-0.3, -0.25) is 9.59 Å². The topological polar surface area (TPSA) is 132 Å². The maximum atomic E-state index is 13.6. The summed E-state index contributed by atoms with van der Waals surface area (Å²) >= 11 is 0. The fourth-order valence-corrected chi connectivity index (χ4v) is 3.70. The first kappa shape index (κ1) is 19.6. The monoisotopic (exact) mass is 432 g/mol. The van der Waals surface area contributed by atoms with E-state index in [0.29, 0.717) is 47.0 Å². The second kappa shape index (κ2) is 7.42. The molecule has 10 nitrogen and oxygen atoms in total. The number of amides is 2. The minimum Gasteiger partial charge on any atom is -0.344 e. The van der Waals surface area contributed by atoms with Crippen LogP contribution in [0.2, 0.25) is 0 Å². The number of nitrogens with one attached hydrogen (secondary N) is 2. The highest BCUT2D eigenvalue weighted by molar-refractivity contribution is 6.05. The van der Waals surface area contributed by atoms with Gasteiger partial charge >= 0.3 is 0 Å². The minimum absolute atomic E-state index is 0.142. The van der Waals surface area contributed by atoms with Crippen LogP contribution >= 0.6 is 0 Å². The van der Waals surface area contributed by atoms with Gasteiger partial charge in [0.1, 0.15) is 28.5 Å². The van der Waals surface area contributed by atoms with Crippen LogP contribution in [0.1, 0.15) is 16.2 Å². The van der Waals surface area contributed by atoms with Gasteiger partial charge in [0, 0.05) is 25.5 Å². The Hall–Kier alpha value is -4.33. The largest absolute Gasteiger partial charge is 0.344 e. The van der Waals surface area contributed by atoms with E-state index in [2.05, 4.69) is 31.3 Å². The van der Waals surface area contributed by atoms with E-state index in [1.165, 1.54) is 29.6 Å². The fourth-order valence-electron chi connectivity index (χ4n) is 3.70. The van der Waals surface area contributed by atoms with Crippen molar-refractivity contribution < 1.29 is 14.0 Å². The Kier molecular flexibility index (Phi) is 4.55. The van der Waals surface area contributed by atoms with Crippen LogP contribution in [0, 0.1) is 30.0 Å². The Bertz CT molecular complexity index is 1430. The number of halogens is 1. The molecule has 0 atom stereocenters. The minimum atomic E-state index is -0.471. The number of carbonyl (C=O) groups excluding carboxylic acids is 2. The van der Waals surface area contributed by atoms with Crippen molar-refractivity contribution in [2.75, 3.05) is 19.6 Å². The van der Waals surface area contributed by atoms with E-state index in [-0.39, 0.29) is 29.8 Å². The Morgan fingerprint density at radius 2 is 2.16 bits per heavy atom. The molecular weight excluding hydrogens is 415 g/mol. The van der Waals surface area contributed by atoms with Crippen LogP contribution in [0.3, 0.4) is 0 Å². The Morgan fingerprint density at radius 3 is 2.94 bits per heavy atom. The molecule has 0 aromatic carbocycles. The molecule has 0 unspecified atom stereocenters. The average molecular weight is 432 g/mol. The van der Waals surface area contributed by atoms with Crippen LogP contribution in [0.4, 0.5) is 4.39 Å². The number of fused-ring (bicyclic) bond motifs is 2. The Morgan fingerprint density at radius 1 is 1.34 bits per heavy atom. The van der Waals surface area contributed by atoms with E-state index < -0.39 is 5.91 Å². The molecule has 4 aromatic rings. The van der Waals surface area contributed by atoms with Crippen molar-refractivity contribution >= 4 is 28.5 Å². The van der Waals surface area contributed by atoms with Crippen molar-refractivity contribution in [3.63, 3.8) is 0 Å². The first-order valence-corrected chi connectivity index (χ1v) is 9.89. The number of hydrogen-bond acceptors (Lipinski definition) is 6. The molecule has 0 saturated carbocycles. The quantitative estimate of drug-likeness (QED) is 0.501. The molecule has 2 N–H and O–H groups in total. The molecule has 4 aromatic heterocycles. The summed E-state index contributed by atoms with van der Waals surface area (Å²) in [7, 11) is 0. The highest BCUT2D eigenvalue weighted by atomic mass is 19.1.